The van der Waals surface area contributed by atoms with Gasteiger partial charge in [0, 0.05) is 13.0 Å². The molecule has 2 N–H and O–H groups in total. The number of hydrogen-bond donors (Lipinski definition) is 2. The van der Waals surface area contributed by atoms with Gasteiger partial charge in [0.05, 0.1) is 12.7 Å². The van der Waals surface area contributed by atoms with Crippen molar-refractivity contribution in [3.8, 4) is 0 Å². The Hall–Kier alpha value is -0.650. The van der Waals surface area contributed by atoms with Crippen LogP contribution in [0.5, 0.6) is 0 Å². The maximum Gasteiger partial charge on any atom is 0.332 e. The van der Waals surface area contributed by atoms with Crippen LogP contribution in [0.1, 0.15) is 38.5 Å². The van der Waals surface area contributed by atoms with E-state index in [4.69, 9.17) is 14.6 Å². The fourth-order valence-electron chi connectivity index (χ4n) is 2.72. The van der Waals surface area contributed by atoms with Crippen molar-refractivity contribution >= 4 is 5.97 Å². The smallest absolute Gasteiger partial charge is 0.332 e. The summed E-state index contributed by atoms with van der Waals surface area (Å²) in [7, 11) is 0. The molecular weight excluding hydrogens is 236 g/mol. The molecule has 2 unspecified atom stereocenters. The van der Waals surface area contributed by atoms with Crippen LogP contribution in [0, 0.1) is 5.92 Å². The molecule has 0 aromatic heterocycles. The molecule has 0 amide bonds. The topological polar surface area (TPSA) is 76.0 Å². The Bertz CT molecular complexity index is 275. The van der Waals surface area contributed by atoms with Crippen molar-refractivity contribution in [2.75, 3.05) is 13.2 Å². The largest absolute Gasteiger partial charge is 0.479 e. The standard InChI is InChI=1S/C13H22O5/c14-10-8-18-12(13(15)16)6-11(10)17-7-9-4-2-1-3-5-9/h9-12,14H,1-8H2,(H,15,16)/t10?,11-,12?/m0/s1. The molecule has 0 bridgehead atoms. The number of aliphatic hydroxyl groups excluding tert-OH is 1. The number of hydrogen-bond acceptors (Lipinski definition) is 4. The zero-order valence-corrected chi connectivity index (χ0v) is 10.6. The third-order valence-electron chi connectivity index (χ3n) is 3.89. The zero-order valence-electron chi connectivity index (χ0n) is 10.6. The molecule has 1 saturated heterocycles. The number of ether oxygens (including phenoxy) is 2. The first-order valence-electron chi connectivity index (χ1n) is 6.81. The number of carbonyl (C=O) groups is 1. The van der Waals surface area contributed by atoms with Crippen LogP contribution in [0.15, 0.2) is 0 Å². The third kappa shape index (κ3) is 3.67. The summed E-state index contributed by atoms with van der Waals surface area (Å²) >= 11 is 0. The Morgan fingerprint density at radius 3 is 2.67 bits per heavy atom. The molecule has 0 radical (unpaired) electrons. The number of rotatable bonds is 4. The van der Waals surface area contributed by atoms with Gasteiger partial charge in [-0.2, -0.15) is 0 Å². The van der Waals surface area contributed by atoms with Crippen LogP contribution >= 0.6 is 0 Å². The summed E-state index contributed by atoms with van der Waals surface area (Å²) in [6, 6.07) is 0. The average Bonchev–Trinajstić information content (AvgIpc) is 2.38. The highest BCUT2D eigenvalue weighted by Crippen LogP contribution is 2.25. The lowest BCUT2D eigenvalue weighted by molar-refractivity contribution is -0.176. The fourth-order valence-corrected chi connectivity index (χ4v) is 2.72. The van der Waals surface area contributed by atoms with Gasteiger partial charge in [-0.3, -0.25) is 0 Å². The van der Waals surface area contributed by atoms with E-state index in [0.717, 1.165) is 0 Å². The van der Waals surface area contributed by atoms with Gasteiger partial charge in [-0.25, -0.2) is 4.79 Å². The van der Waals surface area contributed by atoms with Crippen molar-refractivity contribution in [1.29, 1.82) is 0 Å². The van der Waals surface area contributed by atoms with Gasteiger partial charge in [0.2, 0.25) is 0 Å². The molecule has 1 aliphatic heterocycles. The van der Waals surface area contributed by atoms with Crippen molar-refractivity contribution < 1.29 is 24.5 Å². The maximum absolute atomic E-state index is 10.9. The molecule has 1 saturated carbocycles. The average molecular weight is 258 g/mol. The Balaban J connectivity index is 1.77. The summed E-state index contributed by atoms with van der Waals surface area (Å²) < 4.78 is 10.8. The predicted molar refractivity (Wildman–Crippen MR) is 64.3 cm³/mol. The van der Waals surface area contributed by atoms with Crippen LogP contribution < -0.4 is 0 Å². The van der Waals surface area contributed by atoms with Crippen LogP contribution in [0.4, 0.5) is 0 Å². The molecule has 0 aromatic rings. The summed E-state index contributed by atoms with van der Waals surface area (Å²) in [5.74, 6) is -0.412. The van der Waals surface area contributed by atoms with Gasteiger partial charge in [-0.1, -0.05) is 19.3 Å². The molecule has 18 heavy (non-hydrogen) atoms. The minimum atomic E-state index is -0.979. The molecule has 1 aliphatic carbocycles. The number of aliphatic carboxylic acids is 1. The van der Waals surface area contributed by atoms with Gasteiger partial charge in [-0.05, 0) is 18.8 Å². The quantitative estimate of drug-likeness (QED) is 0.792. The Labute approximate surface area is 107 Å². The summed E-state index contributed by atoms with van der Waals surface area (Å²) in [6.45, 7) is 0.681. The van der Waals surface area contributed by atoms with Gasteiger partial charge >= 0.3 is 5.97 Å². The molecule has 1 heterocycles. The first-order valence-corrected chi connectivity index (χ1v) is 6.81. The van der Waals surface area contributed by atoms with E-state index in [1.54, 1.807) is 0 Å². The molecule has 0 aromatic carbocycles. The van der Waals surface area contributed by atoms with Crippen molar-refractivity contribution in [2.24, 2.45) is 5.92 Å². The zero-order chi connectivity index (χ0) is 13.0. The first-order chi connectivity index (χ1) is 8.66. The molecule has 5 heteroatoms. The molecule has 5 nitrogen and oxygen atoms in total. The number of carboxylic acid groups (broad SMARTS) is 1. The molecule has 2 rings (SSSR count). The second-order valence-electron chi connectivity index (χ2n) is 5.34. The van der Waals surface area contributed by atoms with Crippen LogP contribution in [0.25, 0.3) is 0 Å². The van der Waals surface area contributed by atoms with Crippen LogP contribution in [0.3, 0.4) is 0 Å². The van der Waals surface area contributed by atoms with E-state index in [1.165, 1.54) is 32.1 Å². The number of carboxylic acids is 1. The number of aliphatic hydroxyl groups is 1. The van der Waals surface area contributed by atoms with Gasteiger partial charge in [0.1, 0.15) is 6.10 Å². The van der Waals surface area contributed by atoms with Gasteiger partial charge < -0.3 is 19.7 Å². The van der Waals surface area contributed by atoms with E-state index >= 15 is 0 Å². The highest BCUT2D eigenvalue weighted by molar-refractivity contribution is 5.72. The van der Waals surface area contributed by atoms with E-state index in [1.807, 2.05) is 0 Å². The molecule has 2 aliphatic rings. The lowest BCUT2D eigenvalue weighted by Crippen LogP contribution is -2.46. The van der Waals surface area contributed by atoms with E-state index in [0.29, 0.717) is 12.5 Å². The second-order valence-corrected chi connectivity index (χ2v) is 5.34. The van der Waals surface area contributed by atoms with E-state index in [-0.39, 0.29) is 13.0 Å². The normalized spacial score (nSPS) is 34.4. The predicted octanol–water partition coefficient (Wildman–Crippen LogP) is 1.19. The van der Waals surface area contributed by atoms with Crippen molar-refractivity contribution in [2.45, 2.75) is 56.8 Å². The SMILES string of the molecule is O=C(O)C1C[C@H](OCC2CCCCC2)C(O)CO1. The van der Waals surface area contributed by atoms with E-state index in [9.17, 15) is 9.90 Å². The first kappa shape index (κ1) is 13.8. The maximum atomic E-state index is 10.9. The second kappa shape index (κ2) is 6.50. The lowest BCUT2D eigenvalue weighted by Gasteiger charge is -2.33. The molecule has 104 valence electrons. The van der Waals surface area contributed by atoms with Gasteiger partial charge in [0.25, 0.3) is 0 Å². The van der Waals surface area contributed by atoms with Gasteiger partial charge in [-0.15, -0.1) is 0 Å². The molecule has 0 spiro atoms. The van der Waals surface area contributed by atoms with Crippen molar-refractivity contribution in [1.82, 2.24) is 0 Å². The van der Waals surface area contributed by atoms with Gasteiger partial charge in [0.15, 0.2) is 6.10 Å². The van der Waals surface area contributed by atoms with Crippen molar-refractivity contribution in [3.63, 3.8) is 0 Å². The van der Waals surface area contributed by atoms with E-state index < -0.39 is 24.3 Å². The Morgan fingerprint density at radius 1 is 1.28 bits per heavy atom. The van der Waals surface area contributed by atoms with Crippen LogP contribution in [-0.2, 0) is 14.3 Å². The fraction of sp³-hybridized carbons (Fsp3) is 0.923. The third-order valence-corrected chi connectivity index (χ3v) is 3.89. The van der Waals surface area contributed by atoms with Crippen LogP contribution in [-0.4, -0.2) is 47.7 Å². The summed E-state index contributed by atoms with van der Waals surface area (Å²) in [5.41, 5.74) is 0. The monoisotopic (exact) mass is 258 g/mol. The minimum absolute atomic E-state index is 0.0479. The summed E-state index contributed by atoms with van der Waals surface area (Å²) in [5, 5.41) is 18.7. The Kier molecular flexibility index (Phi) is 4.97. The Morgan fingerprint density at radius 2 is 2.00 bits per heavy atom. The highest BCUT2D eigenvalue weighted by Gasteiger charge is 2.34. The molecule has 3 atom stereocenters. The minimum Gasteiger partial charge on any atom is -0.479 e. The van der Waals surface area contributed by atoms with Crippen LogP contribution in [0.2, 0.25) is 0 Å². The van der Waals surface area contributed by atoms with E-state index in [2.05, 4.69) is 0 Å². The summed E-state index contributed by atoms with van der Waals surface area (Å²) in [6.07, 6.45) is 4.46. The summed E-state index contributed by atoms with van der Waals surface area (Å²) in [4.78, 5) is 10.9. The highest BCUT2D eigenvalue weighted by atomic mass is 16.5. The molecular formula is C13H22O5. The van der Waals surface area contributed by atoms with Crippen molar-refractivity contribution in [3.05, 3.63) is 0 Å². The molecule has 2 fully saturated rings. The lowest BCUT2D eigenvalue weighted by atomic mass is 9.90.